The van der Waals surface area contributed by atoms with E-state index in [1.165, 1.54) is 0 Å². The summed E-state index contributed by atoms with van der Waals surface area (Å²) in [5, 5.41) is 3.13. The lowest BCUT2D eigenvalue weighted by molar-refractivity contribution is 0.119. The molecule has 0 aliphatic rings. The van der Waals surface area contributed by atoms with Gasteiger partial charge in [0.1, 0.15) is 0 Å². The number of aromatic nitrogens is 1. The molecule has 2 rings (SSSR count). The van der Waals surface area contributed by atoms with Crippen molar-refractivity contribution in [2.75, 3.05) is 12.8 Å². The van der Waals surface area contributed by atoms with Crippen molar-refractivity contribution in [2.45, 2.75) is 19.4 Å². The first-order valence-corrected chi connectivity index (χ1v) is 6.40. The molecular weight excluding hydrogens is 232 g/mol. The van der Waals surface area contributed by atoms with Gasteiger partial charge in [0, 0.05) is 30.2 Å². The fourth-order valence-electron chi connectivity index (χ4n) is 1.59. The SMILES string of the molecule is COC(C)Cc1nc(-c2ccccc2N)cs1. The van der Waals surface area contributed by atoms with E-state index in [0.717, 1.165) is 28.4 Å². The summed E-state index contributed by atoms with van der Waals surface area (Å²) in [4.78, 5) is 4.59. The van der Waals surface area contributed by atoms with Crippen LogP contribution in [0, 0.1) is 0 Å². The van der Waals surface area contributed by atoms with Crippen LogP contribution in [0.1, 0.15) is 11.9 Å². The topological polar surface area (TPSA) is 48.1 Å². The number of anilines is 1. The number of nitrogens with zero attached hydrogens (tertiary/aromatic N) is 1. The molecule has 0 spiro atoms. The van der Waals surface area contributed by atoms with Crippen molar-refractivity contribution < 1.29 is 4.74 Å². The maximum atomic E-state index is 5.93. The maximum Gasteiger partial charge on any atom is 0.0958 e. The average Bonchev–Trinajstić information content (AvgIpc) is 2.78. The van der Waals surface area contributed by atoms with Gasteiger partial charge in [0.2, 0.25) is 0 Å². The Morgan fingerprint density at radius 3 is 2.88 bits per heavy atom. The first-order valence-electron chi connectivity index (χ1n) is 5.52. The number of para-hydroxylation sites is 1. The number of methoxy groups -OCH3 is 1. The lowest BCUT2D eigenvalue weighted by Crippen LogP contribution is -2.08. The summed E-state index contributed by atoms with van der Waals surface area (Å²) < 4.78 is 5.23. The van der Waals surface area contributed by atoms with E-state index < -0.39 is 0 Å². The van der Waals surface area contributed by atoms with Gasteiger partial charge >= 0.3 is 0 Å². The van der Waals surface area contributed by atoms with Crippen molar-refractivity contribution in [3.05, 3.63) is 34.7 Å². The predicted octanol–water partition coefficient (Wildman–Crippen LogP) is 2.97. The Hall–Kier alpha value is -1.39. The lowest BCUT2D eigenvalue weighted by Gasteiger charge is -2.05. The second-order valence-electron chi connectivity index (χ2n) is 3.96. The first-order chi connectivity index (χ1) is 8.20. The fourth-order valence-corrected chi connectivity index (χ4v) is 2.50. The minimum absolute atomic E-state index is 0.196. The number of ether oxygens (including phenoxy) is 1. The van der Waals surface area contributed by atoms with E-state index in [1.54, 1.807) is 18.4 Å². The Kier molecular flexibility index (Phi) is 3.76. The highest BCUT2D eigenvalue weighted by Gasteiger charge is 2.09. The number of nitrogens with two attached hydrogens (primary N) is 1. The average molecular weight is 248 g/mol. The lowest BCUT2D eigenvalue weighted by atomic mass is 10.1. The molecule has 3 nitrogen and oxygen atoms in total. The Morgan fingerprint density at radius 1 is 1.41 bits per heavy atom. The standard InChI is InChI=1S/C13H16N2OS/c1-9(16-2)7-13-15-12(8-17-13)10-5-3-4-6-11(10)14/h3-6,8-9H,7,14H2,1-2H3. The third-order valence-electron chi connectivity index (χ3n) is 2.65. The van der Waals surface area contributed by atoms with E-state index in [1.807, 2.05) is 36.6 Å². The van der Waals surface area contributed by atoms with Crippen LogP contribution in [0.15, 0.2) is 29.6 Å². The Balaban J connectivity index is 2.21. The summed E-state index contributed by atoms with van der Waals surface area (Å²) in [5.41, 5.74) is 8.65. The highest BCUT2D eigenvalue weighted by molar-refractivity contribution is 7.09. The largest absolute Gasteiger partial charge is 0.398 e. The van der Waals surface area contributed by atoms with E-state index in [-0.39, 0.29) is 6.10 Å². The molecule has 1 atom stereocenters. The molecule has 0 radical (unpaired) electrons. The van der Waals surface area contributed by atoms with Crippen molar-refractivity contribution in [2.24, 2.45) is 0 Å². The van der Waals surface area contributed by atoms with Crippen LogP contribution in [0.2, 0.25) is 0 Å². The zero-order chi connectivity index (χ0) is 12.3. The van der Waals surface area contributed by atoms with Gasteiger partial charge in [-0.15, -0.1) is 11.3 Å². The second kappa shape index (κ2) is 5.29. The number of rotatable bonds is 4. The summed E-state index contributed by atoms with van der Waals surface area (Å²) in [6.45, 7) is 2.04. The van der Waals surface area contributed by atoms with Crippen molar-refractivity contribution in [1.29, 1.82) is 0 Å². The molecule has 17 heavy (non-hydrogen) atoms. The molecule has 4 heteroatoms. The summed E-state index contributed by atoms with van der Waals surface area (Å²) in [5.74, 6) is 0. The Bertz CT molecular complexity index is 496. The highest BCUT2D eigenvalue weighted by Crippen LogP contribution is 2.27. The molecule has 0 aliphatic carbocycles. The Labute approximate surface area is 105 Å². The van der Waals surface area contributed by atoms with Crippen molar-refractivity contribution >= 4 is 17.0 Å². The van der Waals surface area contributed by atoms with Crippen LogP contribution < -0.4 is 5.73 Å². The molecule has 1 heterocycles. The summed E-state index contributed by atoms with van der Waals surface area (Å²) in [6.07, 6.45) is 1.04. The molecule has 90 valence electrons. The van der Waals surface area contributed by atoms with Gasteiger partial charge in [-0.3, -0.25) is 0 Å². The normalized spacial score (nSPS) is 12.6. The van der Waals surface area contributed by atoms with E-state index in [4.69, 9.17) is 10.5 Å². The summed E-state index contributed by atoms with van der Waals surface area (Å²) in [6, 6.07) is 7.79. The predicted molar refractivity (Wildman–Crippen MR) is 72.1 cm³/mol. The van der Waals surface area contributed by atoms with Crippen molar-refractivity contribution in [3.8, 4) is 11.3 Å². The molecule has 2 aromatic rings. The smallest absolute Gasteiger partial charge is 0.0958 e. The monoisotopic (exact) mass is 248 g/mol. The van der Waals surface area contributed by atoms with Crippen LogP contribution in [0.25, 0.3) is 11.3 Å². The summed E-state index contributed by atoms with van der Waals surface area (Å²) in [7, 11) is 1.72. The van der Waals surface area contributed by atoms with E-state index in [2.05, 4.69) is 4.98 Å². The van der Waals surface area contributed by atoms with Crippen molar-refractivity contribution in [1.82, 2.24) is 4.98 Å². The Morgan fingerprint density at radius 2 is 2.18 bits per heavy atom. The third kappa shape index (κ3) is 2.84. The van der Waals surface area contributed by atoms with E-state index >= 15 is 0 Å². The zero-order valence-corrected chi connectivity index (χ0v) is 10.8. The molecule has 2 N–H and O–H groups in total. The minimum Gasteiger partial charge on any atom is -0.398 e. The number of hydrogen-bond acceptors (Lipinski definition) is 4. The number of thiazole rings is 1. The van der Waals surface area contributed by atoms with E-state index in [9.17, 15) is 0 Å². The molecule has 0 fully saturated rings. The number of benzene rings is 1. The molecule has 0 amide bonds. The van der Waals surface area contributed by atoms with Gasteiger partial charge in [-0.25, -0.2) is 4.98 Å². The van der Waals surface area contributed by atoms with Crippen LogP contribution in [0.4, 0.5) is 5.69 Å². The molecule has 0 saturated carbocycles. The second-order valence-corrected chi connectivity index (χ2v) is 4.91. The van der Waals surface area contributed by atoms with Gasteiger partial charge in [-0.1, -0.05) is 18.2 Å². The van der Waals surface area contributed by atoms with Crippen LogP contribution >= 0.6 is 11.3 Å². The van der Waals surface area contributed by atoms with Gasteiger partial charge < -0.3 is 10.5 Å². The third-order valence-corrected chi connectivity index (χ3v) is 3.52. The van der Waals surface area contributed by atoms with Gasteiger partial charge in [0.15, 0.2) is 0 Å². The molecule has 0 bridgehead atoms. The summed E-state index contributed by atoms with van der Waals surface area (Å²) >= 11 is 1.65. The minimum atomic E-state index is 0.196. The van der Waals surface area contributed by atoms with Crippen LogP contribution in [-0.2, 0) is 11.2 Å². The van der Waals surface area contributed by atoms with Gasteiger partial charge in [-0.2, -0.15) is 0 Å². The molecule has 0 aliphatic heterocycles. The quantitative estimate of drug-likeness (QED) is 0.846. The zero-order valence-electron chi connectivity index (χ0n) is 10.0. The molecular formula is C13H16N2OS. The van der Waals surface area contributed by atoms with Gasteiger partial charge in [0.05, 0.1) is 16.8 Å². The van der Waals surface area contributed by atoms with Crippen LogP contribution in [-0.4, -0.2) is 18.2 Å². The molecule has 1 aromatic carbocycles. The first kappa shape index (κ1) is 12.1. The van der Waals surface area contributed by atoms with Crippen molar-refractivity contribution in [3.63, 3.8) is 0 Å². The number of nitrogen functional groups attached to an aromatic ring is 1. The molecule has 1 aromatic heterocycles. The molecule has 0 saturated heterocycles. The van der Waals surface area contributed by atoms with Gasteiger partial charge in [-0.05, 0) is 13.0 Å². The molecule has 1 unspecified atom stereocenters. The fraction of sp³-hybridized carbons (Fsp3) is 0.308. The van der Waals surface area contributed by atoms with Crippen LogP contribution in [0.5, 0.6) is 0 Å². The highest BCUT2D eigenvalue weighted by atomic mass is 32.1. The maximum absolute atomic E-state index is 5.93. The van der Waals surface area contributed by atoms with E-state index in [0.29, 0.717) is 0 Å². The van der Waals surface area contributed by atoms with Crippen LogP contribution in [0.3, 0.4) is 0 Å². The number of hydrogen-bond donors (Lipinski definition) is 1. The van der Waals surface area contributed by atoms with Gasteiger partial charge in [0.25, 0.3) is 0 Å².